The lowest BCUT2D eigenvalue weighted by Gasteiger charge is -2.27. The molecule has 4 aromatic rings. The lowest BCUT2D eigenvalue weighted by molar-refractivity contribution is 0.478. The van der Waals surface area contributed by atoms with E-state index in [2.05, 4.69) is 17.2 Å². The van der Waals surface area contributed by atoms with Gasteiger partial charge in [-0.2, -0.15) is 5.10 Å². The Bertz CT molecular complexity index is 1320. The van der Waals surface area contributed by atoms with Crippen molar-refractivity contribution in [2.45, 2.75) is 54.4 Å². The number of anilines is 1. The van der Waals surface area contributed by atoms with Gasteiger partial charge in [-0.1, -0.05) is 11.3 Å². The molecule has 164 valence electrons. The molecule has 1 fully saturated rings. The summed E-state index contributed by atoms with van der Waals surface area (Å²) in [5.74, 6) is 0. The molecule has 1 atom stereocenters. The Morgan fingerprint density at radius 2 is 2.03 bits per heavy atom. The van der Waals surface area contributed by atoms with E-state index in [1.807, 2.05) is 24.0 Å². The van der Waals surface area contributed by atoms with Crippen LogP contribution in [-0.4, -0.2) is 29.6 Å². The standard InChI is InChI=1S/C24H25N5OS2/c1-29-20(9-10-27-29)17-12-19(15-11-14-5-2-3-8-18(14)26-13-15)28-23-21(17)22(25)24(31-23)32(30)16-6-4-7-16/h9-13,16H,2-8,25H2,1H3. The van der Waals surface area contributed by atoms with Crippen LogP contribution in [0.25, 0.3) is 32.7 Å². The van der Waals surface area contributed by atoms with Gasteiger partial charge in [-0.3, -0.25) is 9.67 Å². The van der Waals surface area contributed by atoms with E-state index in [1.54, 1.807) is 6.20 Å². The van der Waals surface area contributed by atoms with E-state index in [-0.39, 0.29) is 5.25 Å². The number of nitrogens with zero attached hydrogens (tertiary/aromatic N) is 4. The quantitative estimate of drug-likeness (QED) is 0.436. The Kier molecular flexibility index (Phi) is 4.97. The van der Waals surface area contributed by atoms with Gasteiger partial charge in [0.1, 0.15) is 15.8 Å². The molecule has 6 rings (SSSR count). The zero-order chi connectivity index (χ0) is 21.8. The molecule has 2 N–H and O–H groups in total. The minimum Gasteiger partial charge on any atom is -0.611 e. The third-order valence-corrected chi connectivity index (χ3v) is 10.1. The summed E-state index contributed by atoms with van der Waals surface area (Å²) in [6.45, 7) is 0. The first kappa shape index (κ1) is 20.2. The van der Waals surface area contributed by atoms with Crippen LogP contribution in [0.4, 0.5) is 5.69 Å². The van der Waals surface area contributed by atoms with Crippen LogP contribution in [-0.2, 0) is 31.1 Å². The Morgan fingerprint density at radius 1 is 1.19 bits per heavy atom. The van der Waals surface area contributed by atoms with E-state index in [1.165, 1.54) is 35.4 Å². The Labute approximate surface area is 194 Å². The first-order valence-electron chi connectivity index (χ1n) is 11.2. The lowest BCUT2D eigenvalue weighted by atomic mass is 9.94. The minimum atomic E-state index is -1.08. The Balaban J connectivity index is 1.55. The molecule has 1 saturated carbocycles. The van der Waals surface area contributed by atoms with Crippen LogP contribution in [0.5, 0.6) is 0 Å². The number of nitrogens with two attached hydrogens (primary N) is 1. The maximum absolute atomic E-state index is 13.2. The maximum Gasteiger partial charge on any atom is 0.232 e. The van der Waals surface area contributed by atoms with Crippen molar-refractivity contribution >= 4 is 38.4 Å². The van der Waals surface area contributed by atoms with Gasteiger partial charge in [0.25, 0.3) is 0 Å². The van der Waals surface area contributed by atoms with Crippen molar-refractivity contribution in [1.82, 2.24) is 19.7 Å². The van der Waals surface area contributed by atoms with E-state index >= 15 is 0 Å². The molecule has 8 heteroatoms. The van der Waals surface area contributed by atoms with Gasteiger partial charge in [-0.15, -0.1) is 0 Å². The molecule has 1 unspecified atom stereocenters. The maximum atomic E-state index is 13.2. The molecular weight excluding hydrogens is 438 g/mol. The van der Waals surface area contributed by atoms with Crippen molar-refractivity contribution < 1.29 is 4.55 Å². The zero-order valence-electron chi connectivity index (χ0n) is 18.0. The normalized spacial score (nSPS) is 17.3. The summed E-state index contributed by atoms with van der Waals surface area (Å²) in [5, 5.41) is 5.47. The highest BCUT2D eigenvalue weighted by atomic mass is 32.2. The fraction of sp³-hybridized carbons (Fsp3) is 0.375. The fourth-order valence-corrected chi connectivity index (χ4v) is 7.91. The third kappa shape index (κ3) is 3.24. The fourth-order valence-electron chi connectivity index (χ4n) is 4.70. The molecule has 0 aliphatic heterocycles. The molecule has 0 bridgehead atoms. The largest absolute Gasteiger partial charge is 0.611 e. The smallest absolute Gasteiger partial charge is 0.232 e. The lowest BCUT2D eigenvalue weighted by Crippen LogP contribution is -2.28. The molecule has 0 aromatic carbocycles. The van der Waals surface area contributed by atoms with Gasteiger partial charge >= 0.3 is 0 Å². The van der Waals surface area contributed by atoms with E-state index < -0.39 is 11.2 Å². The number of fused-ring (bicyclic) bond motifs is 2. The van der Waals surface area contributed by atoms with Gasteiger partial charge < -0.3 is 10.3 Å². The second-order valence-electron chi connectivity index (χ2n) is 8.77. The monoisotopic (exact) mass is 463 g/mol. The van der Waals surface area contributed by atoms with Crippen LogP contribution in [0, 0.1) is 0 Å². The van der Waals surface area contributed by atoms with E-state index in [0.717, 1.165) is 69.0 Å². The van der Waals surface area contributed by atoms with Crippen LogP contribution < -0.4 is 5.73 Å². The topological polar surface area (TPSA) is 92.7 Å². The zero-order valence-corrected chi connectivity index (χ0v) is 19.6. The highest BCUT2D eigenvalue weighted by molar-refractivity contribution is 7.94. The molecule has 0 spiro atoms. The third-order valence-electron chi connectivity index (χ3n) is 6.76. The van der Waals surface area contributed by atoms with Crippen LogP contribution in [0.1, 0.15) is 43.4 Å². The molecule has 32 heavy (non-hydrogen) atoms. The average Bonchev–Trinajstić information content (AvgIpc) is 3.34. The van der Waals surface area contributed by atoms with Crippen LogP contribution in [0.15, 0.2) is 34.8 Å². The van der Waals surface area contributed by atoms with Gasteiger partial charge in [-0.25, -0.2) is 4.98 Å². The van der Waals surface area contributed by atoms with E-state index in [9.17, 15) is 4.55 Å². The molecule has 4 heterocycles. The highest BCUT2D eigenvalue weighted by Crippen LogP contribution is 2.45. The minimum absolute atomic E-state index is 0.217. The number of rotatable bonds is 4. The summed E-state index contributed by atoms with van der Waals surface area (Å²) in [6.07, 6.45) is 11.4. The first-order chi connectivity index (χ1) is 15.6. The molecule has 0 radical (unpaired) electrons. The number of nitrogen functional groups attached to an aromatic ring is 1. The highest BCUT2D eigenvalue weighted by Gasteiger charge is 2.35. The predicted molar refractivity (Wildman–Crippen MR) is 130 cm³/mol. The van der Waals surface area contributed by atoms with Crippen LogP contribution in [0.3, 0.4) is 0 Å². The first-order valence-corrected chi connectivity index (χ1v) is 13.2. The van der Waals surface area contributed by atoms with Gasteiger partial charge in [0.15, 0.2) is 0 Å². The van der Waals surface area contributed by atoms with Gasteiger partial charge in [0, 0.05) is 52.8 Å². The molecule has 2 aliphatic carbocycles. The van der Waals surface area contributed by atoms with Crippen molar-refractivity contribution in [3.8, 4) is 22.5 Å². The van der Waals surface area contributed by atoms with Crippen molar-refractivity contribution in [3.63, 3.8) is 0 Å². The SMILES string of the molecule is Cn1nccc1-c1cc(-c2cnc3c(c2)CCCC3)nc2sc([S+]([O-])C3CCC3)c(N)c12. The molecule has 6 nitrogen and oxygen atoms in total. The molecule has 0 saturated heterocycles. The van der Waals surface area contributed by atoms with Crippen molar-refractivity contribution in [3.05, 3.63) is 41.9 Å². The molecule has 0 amide bonds. The second kappa shape index (κ2) is 7.86. The van der Waals surface area contributed by atoms with Gasteiger partial charge in [0.2, 0.25) is 4.21 Å². The number of aryl methyl sites for hydroxylation is 3. The Hall–Kier alpha value is -2.42. The summed E-state index contributed by atoms with van der Waals surface area (Å²) < 4.78 is 15.8. The molecular formula is C24H25N5OS2. The number of thiophene rings is 1. The van der Waals surface area contributed by atoms with Crippen molar-refractivity contribution in [2.75, 3.05) is 5.73 Å². The molecule has 2 aliphatic rings. The number of hydrogen-bond donors (Lipinski definition) is 1. The van der Waals surface area contributed by atoms with Crippen molar-refractivity contribution in [2.24, 2.45) is 7.05 Å². The number of aromatic nitrogens is 4. The van der Waals surface area contributed by atoms with Crippen molar-refractivity contribution in [1.29, 1.82) is 0 Å². The second-order valence-corrected chi connectivity index (χ2v) is 11.7. The molecule has 4 aromatic heterocycles. The predicted octanol–water partition coefficient (Wildman–Crippen LogP) is 4.88. The Morgan fingerprint density at radius 3 is 2.78 bits per heavy atom. The number of pyridine rings is 2. The summed E-state index contributed by atoms with van der Waals surface area (Å²) in [7, 11) is 1.93. The summed E-state index contributed by atoms with van der Waals surface area (Å²) in [4.78, 5) is 10.6. The summed E-state index contributed by atoms with van der Waals surface area (Å²) in [5.41, 5.74) is 13.6. The van der Waals surface area contributed by atoms with E-state index in [4.69, 9.17) is 15.7 Å². The van der Waals surface area contributed by atoms with Crippen LogP contribution in [0.2, 0.25) is 0 Å². The van der Waals surface area contributed by atoms with Crippen LogP contribution >= 0.6 is 11.3 Å². The van der Waals surface area contributed by atoms with E-state index in [0.29, 0.717) is 5.69 Å². The summed E-state index contributed by atoms with van der Waals surface area (Å²) >= 11 is 0.398. The van der Waals surface area contributed by atoms with Gasteiger partial charge in [0.05, 0.1) is 11.4 Å². The summed E-state index contributed by atoms with van der Waals surface area (Å²) in [6, 6.07) is 6.32. The number of hydrogen-bond acceptors (Lipinski definition) is 6. The van der Waals surface area contributed by atoms with Gasteiger partial charge in [-0.05, 0) is 68.7 Å². The average molecular weight is 464 g/mol.